The number of nitrogens with zero attached hydrogens (tertiary/aromatic N) is 3. The molecule has 0 amide bonds. The van der Waals surface area contributed by atoms with Crippen molar-refractivity contribution in [1.82, 2.24) is 14.8 Å². The Morgan fingerprint density at radius 1 is 1.53 bits per heavy atom. The van der Waals surface area contributed by atoms with Crippen molar-refractivity contribution >= 4 is 25.1 Å². The molecule has 1 aromatic rings. The van der Waals surface area contributed by atoms with Crippen LogP contribution in [0.2, 0.25) is 25.7 Å². The summed E-state index contributed by atoms with van der Waals surface area (Å²) < 4.78 is 26.2. The average molecular weight is 278 g/mol. The van der Waals surface area contributed by atoms with Gasteiger partial charge in [-0.1, -0.05) is 19.6 Å². The standard InChI is InChI=1S/C8H18N4O3SSi/c1-17(2,3)5-4-15-6-12-7(9)10-8(11-12)16(13)14/h4-6H2,1-3H3,(H,13,14)(H2,9,10,11). The lowest BCUT2D eigenvalue weighted by Crippen LogP contribution is -2.22. The van der Waals surface area contributed by atoms with Gasteiger partial charge in [0.05, 0.1) is 0 Å². The first-order valence-electron chi connectivity index (χ1n) is 5.18. The second-order valence-corrected chi connectivity index (χ2v) is 11.3. The lowest BCUT2D eigenvalue weighted by atomic mass is 10.8. The summed E-state index contributed by atoms with van der Waals surface area (Å²) in [6, 6.07) is 1.04. The van der Waals surface area contributed by atoms with Gasteiger partial charge in [-0.25, -0.2) is 8.89 Å². The molecular formula is C8H18N4O3SSi. The van der Waals surface area contributed by atoms with E-state index in [1.54, 1.807) is 0 Å². The highest BCUT2D eigenvalue weighted by molar-refractivity contribution is 7.79. The van der Waals surface area contributed by atoms with Gasteiger partial charge in [0, 0.05) is 14.7 Å². The highest BCUT2D eigenvalue weighted by Crippen LogP contribution is 2.08. The Labute approximate surface area is 104 Å². The Morgan fingerprint density at radius 3 is 2.65 bits per heavy atom. The first-order chi connectivity index (χ1) is 7.79. The molecule has 0 bridgehead atoms. The third kappa shape index (κ3) is 4.94. The largest absolute Gasteiger partial charge is 0.368 e. The summed E-state index contributed by atoms with van der Waals surface area (Å²) in [6.45, 7) is 7.56. The maximum absolute atomic E-state index is 10.7. The fourth-order valence-corrected chi connectivity index (χ4v) is 2.13. The molecule has 1 heterocycles. The van der Waals surface area contributed by atoms with Gasteiger partial charge in [-0.3, -0.25) is 4.55 Å². The molecule has 1 aromatic heterocycles. The third-order valence-electron chi connectivity index (χ3n) is 2.05. The van der Waals surface area contributed by atoms with Crippen LogP contribution in [0.1, 0.15) is 0 Å². The number of hydrogen-bond donors (Lipinski definition) is 2. The van der Waals surface area contributed by atoms with Crippen LogP contribution < -0.4 is 5.73 Å². The lowest BCUT2D eigenvalue weighted by molar-refractivity contribution is 0.0792. The van der Waals surface area contributed by atoms with Gasteiger partial charge in [-0.15, -0.1) is 5.10 Å². The molecule has 0 radical (unpaired) electrons. The average Bonchev–Trinajstić information content (AvgIpc) is 2.54. The minimum Gasteiger partial charge on any atom is -0.368 e. The zero-order valence-electron chi connectivity index (χ0n) is 10.2. The van der Waals surface area contributed by atoms with Crippen molar-refractivity contribution in [2.45, 2.75) is 37.6 Å². The molecule has 0 spiro atoms. The van der Waals surface area contributed by atoms with Crippen LogP contribution in [0.4, 0.5) is 5.95 Å². The first-order valence-corrected chi connectivity index (χ1v) is 10.00. The predicted molar refractivity (Wildman–Crippen MR) is 67.6 cm³/mol. The van der Waals surface area contributed by atoms with E-state index in [-0.39, 0.29) is 17.8 Å². The van der Waals surface area contributed by atoms with Crippen molar-refractivity contribution in [2.24, 2.45) is 0 Å². The number of hydrogen-bond acceptors (Lipinski definition) is 5. The first kappa shape index (κ1) is 14.3. The second kappa shape index (κ2) is 5.71. The maximum atomic E-state index is 10.7. The molecule has 98 valence electrons. The van der Waals surface area contributed by atoms with Crippen molar-refractivity contribution in [3.05, 3.63) is 0 Å². The van der Waals surface area contributed by atoms with Gasteiger partial charge < -0.3 is 10.5 Å². The molecular weight excluding hydrogens is 260 g/mol. The van der Waals surface area contributed by atoms with Crippen molar-refractivity contribution in [3.63, 3.8) is 0 Å². The van der Waals surface area contributed by atoms with E-state index >= 15 is 0 Å². The molecule has 1 unspecified atom stereocenters. The molecule has 9 heteroatoms. The zero-order chi connectivity index (χ0) is 13.1. The Bertz CT molecular complexity index is 404. The Morgan fingerprint density at radius 2 is 2.18 bits per heavy atom. The number of ether oxygens (including phenoxy) is 1. The summed E-state index contributed by atoms with van der Waals surface area (Å²) in [5, 5.41) is 3.56. The smallest absolute Gasteiger partial charge is 0.268 e. The highest BCUT2D eigenvalue weighted by atomic mass is 32.2. The van der Waals surface area contributed by atoms with Gasteiger partial charge in [0.2, 0.25) is 17.0 Å². The molecule has 0 aromatic carbocycles. The fraction of sp³-hybridized carbons (Fsp3) is 0.750. The van der Waals surface area contributed by atoms with Crippen molar-refractivity contribution in [2.75, 3.05) is 12.3 Å². The SMILES string of the molecule is C[Si](C)(C)CCOCn1nc(S(=O)O)nc1N. The number of rotatable bonds is 6. The third-order valence-corrected chi connectivity index (χ3v) is 4.24. The Balaban J connectivity index is 2.44. The Kier molecular flexibility index (Phi) is 4.80. The molecule has 0 aliphatic carbocycles. The van der Waals surface area contributed by atoms with Gasteiger partial charge in [-0.2, -0.15) is 4.98 Å². The van der Waals surface area contributed by atoms with Crippen LogP contribution in [-0.2, 0) is 22.5 Å². The summed E-state index contributed by atoms with van der Waals surface area (Å²) in [4.78, 5) is 3.65. The molecule has 17 heavy (non-hydrogen) atoms. The second-order valence-electron chi connectivity index (χ2n) is 4.85. The summed E-state index contributed by atoms with van der Waals surface area (Å²) in [6.07, 6.45) is 0. The highest BCUT2D eigenvalue weighted by Gasteiger charge is 2.14. The normalized spacial score (nSPS) is 13.9. The summed E-state index contributed by atoms with van der Waals surface area (Å²) in [5.41, 5.74) is 5.52. The van der Waals surface area contributed by atoms with Crippen molar-refractivity contribution < 1.29 is 13.5 Å². The van der Waals surface area contributed by atoms with Gasteiger partial charge in [0.1, 0.15) is 6.73 Å². The molecule has 0 aliphatic rings. The van der Waals surface area contributed by atoms with Gasteiger partial charge >= 0.3 is 0 Å². The van der Waals surface area contributed by atoms with E-state index in [4.69, 9.17) is 15.0 Å². The van der Waals surface area contributed by atoms with E-state index in [0.717, 1.165) is 6.04 Å². The topological polar surface area (TPSA) is 103 Å². The van der Waals surface area contributed by atoms with Crippen LogP contribution in [0.15, 0.2) is 5.16 Å². The zero-order valence-corrected chi connectivity index (χ0v) is 12.0. The Hall–Kier alpha value is -0.773. The molecule has 0 saturated carbocycles. The minimum absolute atomic E-state index is 0.0791. The summed E-state index contributed by atoms with van der Waals surface area (Å²) in [7, 11) is -1.11. The van der Waals surface area contributed by atoms with E-state index in [9.17, 15) is 4.21 Å². The maximum Gasteiger partial charge on any atom is 0.268 e. The van der Waals surface area contributed by atoms with Crippen LogP contribution in [0.25, 0.3) is 0 Å². The van der Waals surface area contributed by atoms with E-state index in [0.29, 0.717) is 6.61 Å². The number of anilines is 1. The van der Waals surface area contributed by atoms with Crippen LogP contribution in [0.5, 0.6) is 0 Å². The van der Waals surface area contributed by atoms with E-state index in [1.165, 1.54) is 4.68 Å². The van der Waals surface area contributed by atoms with E-state index in [1.807, 2.05) is 0 Å². The quantitative estimate of drug-likeness (QED) is 0.452. The monoisotopic (exact) mass is 278 g/mol. The number of nitrogen functional groups attached to an aromatic ring is 1. The van der Waals surface area contributed by atoms with Gasteiger partial charge in [-0.05, 0) is 6.04 Å². The molecule has 1 rings (SSSR count). The summed E-state index contributed by atoms with van der Waals surface area (Å²) >= 11 is -2.21. The number of nitrogens with two attached hydrogens (primary N) is 1. The van der Waals surface area contributed by atoms with E-state index < -0.39 is 19.2 Å². The molecule has 7 nitrogen and oxygen atoms in total. The van der Waals surface area contributed by atoms with Gasteiger partial charge in [0.25, 0.3) is 5.16 Å². The molecule has 0 aliphatic heterocycles. The minimum atomic E-state index is -2.21. The van der Waals surface area contributed by atoms with Gasteiger partial charge in [0.15, 0.2) is 0 Å². The van der Waals surface area contributed by atoms with Crippen molar-refractivity contribution in [1.29, 1.82) is 0 Å². The molecule has 1 atom stereocenters. The van der Waals surface area contributed by atoms with Crippen LogP contribution in [-0.4, -0.2) is 38.2 Å². The molecule has 0 fully saturated rings. The van der Waals surface area contributed by atoms with E-state index in [2.05, 4.69) is 29.7 Å². The fourth-order valence-electron chi connectivity index (χ4n) is 1.03. The number of aromatic nitrogens is 3. The van der Waals surface area contributed by atoms with Crippen LogP contribution >= 0.6 is 0 Å². The molecule has 0 saturated heterocycles. The van der Waals surface area contributed by atoms with Crippen LogP contribution in [0, 0.1) is 0 Å². The van der Waals surface area contributed by atoms with Crippen molar-refractivity contribution in [3.8, 4) is 0 Å². The van der Waals surface area contributed by atoms with Crippen LogP contribution in [0.3, 0.4) is 0 Å². The summed E-state index contributed by atoms with van der Waals surface area (Å²) in [5.74, 6) is 0.0791. The molecule has 3 N–H and O–H groups in total. The predicted octanol–water partition coefficient (Wildman–Crippen LogP) is 0.753. The lowest BCUT2D eigenvalue weighted by Gasteiger charge is -2.15.